The fourth-order valence-electron chi connectivity index (χ4n) is 1.76. The van der Waals surface area contributed by atoms with Crippen LogP contribution in [0.25, 0.3) is 6.08 Å². The van der Waals surface area contributed by atoms with Gasteiger partial charge in [-0.05, 0) is 12.5 Å². The van der Waals surface area contributed by atoms with Crippen LogP contribution in [0.15, 0.2) is 11.9 Å². The summed E-state index contributed by atoms with van der Waals surface area (Å²) in [7, 11) is 0. The molecule has 0 bridgehead atoms. The number of nitrogens with zero attached hydrogens (tertiary/aromatic N) is 3. The zero-order valence-corrected chi connectivity index (χ0v) is 10.3. The Balaban J connectivity index is 2.60. The van der Waals surface area contributed by atoms with Crippen molar-refractivity contribution in [3.8, 4) is 0 Å². The van der Waals surface area contributed by atoms with E-state index in [4.69, 9.17) is 16.7 Å². The van der Waals surface area contributed by atoms with Crippen molar-refractivity contribution in [2.45, 2.75) is 13.3 Å². The van der Waals surface area contributed by atoms with Gasteiger partial charge < -0.3 is 5.11 Å². The fraction of sp³-hybridized carbons (Fsp3) is 0.273. The number of carboxylic acids is 1. The Morgan fingerprint density at radius 1 is 1.44 bits per heavy atom. The highest BCUT2D eigenvalue weighted by atomic mass is 35.5. The summed E-state index contributed by atoms with van der Waals surface area (Å²) in [5.74, 6) is -0.906. The lowest BCUT2D eigenvalue weighted by Crippen LogP contribution is -2.30. The third kappa shape index (κ3) is 2.19. The van der Waals surface area contributed by atoms with Gasteiger partial charge in [0, 0.05) is 19.0 Å². The topological polar surface area (TPSA) is 83.4 Å². The molecule has 7 heteroatoms. The van der Waals surface area contributed by atoms with Crippen LogP contribution in [0.2, 0.25) is 5.15 Å². The molecule has 1 N–H and O–H groups in total. The highest BCUT2D eigenvalue weighted by molar-refractivity contribution is 6.31. The van der Waals surface area contributed by atoms with Crippen molar-refractivity contribution < 1.29 is 14.7 Å². The predicted octanol–water partition coefficient (Wildman–Crippen LogP) is 1.35. The average molecular weight is 268 g/mol. The van der Waals surface area contributed by atoms with Gasteiger partial charge in [-0.2, -0.15) is 0 Å². The van der Waals surface area contributed by atoms with Crippen LogP contribution in [-0.2, 0) is 9.59 Å². The molecule has 18 heavy (non-hydrogen) atoms. The number of anilines is 1. The van der Waals surface area contributed by atoms with E-state index in [1.54, 1.807) is 0 Å². The largest absolute Gasteiger partial charge is 0.478 e. The van der Waals surface area contributed by atoms with E-state index in [0.29, 0.717) is 11.4 Å². The number of rotatable bonds is 1. The number of hydrogen-bond donors (Lipinski definition) is 1. The summed E-state index contributed by atoms with van der Waals surface area (Å²) >= 11 is 5.93. The second-order valence-electron chi connectivity index (χ2n) is 3.80. The quantitative estimate of drug-likeness (QED) is 0.777. The van der Waals surface area contributed by atoms with Crippen LogP contribution in [0.1, 0.15) is 18.9 Å². The third-order valence-corrected chi connectivity index (χ3v) is 2.95. The second kappa shape index (κ2) is 4.73. The first-order chi connectivity index (χ1) is 8.50. The van der Waals surface area contributed by atoms with Crippen molar-refractivity contribution in [3.05, 3.63) is 22.6 Å². The molecule has 2 rings (SSSR count). The summed E-state index contributed by atoms with van der Waals surface area (Å²) in [6.07, 6.45) is 2.90. The summed E-state index contributed by atoms with van der Waals surface area (Å²) in [5, 5.41) is 9.18. The first-order valence-corrected chi connectivity index (χ1v) is 5.61. The molecule has 0 saturated carbocycles. The van der Waals surface area contributed by atoms with Crippen LogP contribution in [0.5, 0.6) is 0 Å². The highest BCUT2D eigenvalue weighted by Crippen LogP contribution is 2.30. The SMILES string of the molecule is CC(=O)N1CCC(C(=O)O)=Cc2c(Cl)ncnc21. The Morgan fingerprint density at radius 3 is 2.78 bits per heavy atom. The number of carboxylic acid groups (broad SMARTS) is 1. The molecule has 0 aliphatic carbocycles. The second-order valence-corrected chi connectivity index (χ2v) is 4.16. The number of hydrogen-bond acceptors (Lipinski definition) is 4. The molecule has 0 radical (unpaired) electrons. The highest BCUT2D eigenvalue weighted by Gasteiger charge is 2.24. The molecular formula is C11H10ClN3O3. The molecule has 6 nitrogen and oxygen atoms in total. The molecule has 94 valence electrons. The Hall–Kier alpha value is -1.95. The summed E-state index contributed by atoms with van der Waals surface area (Å²) in [5.41, 5.74) is 0.543. The van der Waals surface area contributed by atoms with Gasteiger partial charge in [0.15, 0.2) is 0 Å². The van der Waals surface area contributed by atoms with E-state index in [9.17, 15) is 9.59 Å². The van der Waals surface area contributed by atoms with Gasteiger partial charge >= 0.3 is 5.97 Å². The van der Waals surface area contributed by atoms with E-state index in [1.807, 2.05) is 0 Å². The summed E-state index contributed by atoms with van der Waals surface area (Å²) in [4.78, 5) is 31.8. The monoisotopic (exact) mass is 267 g/mol. The maximum absolute atomic E-state index is 11.6. The van der Waals surface area contributed by atoms with E-state index in [-0.39, 0.29) is 29.6 Å². The van der Waals surface area contributed by atoms with Gasteiger partial charge in [-0.1, -0.05) is 11.6 Å². The number of aromatic nitrogens is 2. The van der Waals surface area contributed by atoms with E-state index < -0.39 is 5.97 Å². The summed E-state index contributed by atoms with van der Waals surface area (Å²) in [6, 6.07) is 0. The van der Waals surface area contributed by atoms with Crippen molar-refractivity contribution in [3.63, 3.8) is 0 Å². The number of halogens is 1. The zero-order chi connectivity index (χ0) is 13.3. The maximum Gasteiger partial charge on any atom is 0.331 e. The standard InChI is InChI=1S/C11H10ClN3O3/c1-6(16)15-3-2-7(11(17)18)4-8-9(12)13-5-14-10(8)15/h4-5H,2-3H2,1H3,(H,17,18). The van der Waals surface area contributed by atoms with Crippen molar-refractivity contribution >= 4 is 35.4 Å². The maximum atomic E-state index is 11.6. The Bertz CT molecular complexity index is 556. The third-order valence-electron chi connectivity index (χ3n) is 2.65. The van der Waals surface area contributed by atoms with E-state index in [1.165, 1.54) is 24.2 Å². The number of carbonyl (C=O) groups excluding carboxylic acids is 1. The minimum absolute atomic E-state index is 0.131. The fourth-order valence-corrected chi connectivity index (χ4v) is 1.95. The first kappa shape index (κ1) is 12.5. The molecule has 0 aromatic carbocycles. The normalized spacial score (nSPS) is 14.6. The van der Waals surface area contributed by atoms with Gasteiger partial charge in [-0.25, -0.2) is 14.8 Å². The molecule has 1 aromatic rings. The van der Waals surface area contributed by atoms with Gasteiger partial charge in [0.05, 0.1) is 5.56 Å². The lowest BCUT2D eigenvalue weighted by Gasteiger charge is -2.19. The van der Waals surface area contributed by atoms with Gasteiger partial charge in [0.25, 0.3) is 0 Å². The van der Waals surface area contributed by atoms with Crippen molar-refractivity contribution in [2.75, 3.05) is 11.4 Å². The number of aliphatic carboxylic acids is 1. The lowest BCUT2D eigenvalue weighted by atomic mass is 10.1. The summed E-state index contributed by atoms with van der Waals surface area (Å²) in [6.45, 7) is 1.65. The molecule has 1 aromatic heterocycles. The van der Waals surface area contributed by atoms with E-state index in [2.05, 4.69) is 9.97 Å². The molecule has 1 amide bonds. The predicted molar refractivity (Wildman–Crippen MR) is 65.3 cm³/mol. The van der Waals surface area contributed by atoms with Gasteiger partial charge in [-0.3, -0.25) is 9.69 Å². The van der Waals surface area contributed by atoms with Crippen molar-refractivity contribution in [1.29, 1.82) is 0 Å². The molecule has 2 heterocycles. The number of fused-ring (bicyclic) bond motifs is 1. The van der Waals surface area contributed by atoms with E-state index >= 15 is 0 Å². The molecular weight excluding hydrogens is 258 g/mol. The molecule has 0 spiro atoms. The smallest absolute Gasteiger partial charge is 0.331 e. The van der Waals surface area contributed by atoms with Gasteiger partial charge in [0.1, 0.15) is 17.3 Å². The van der Waals surface area contributed by atoms with Gasteiger partial charge in [0.2, 0.25) is 5.91 Å². The van der Waals surface area contributed by atoms with Crippen LogP contribution in [0.4, 0.5) is 5.82 Å². The van der Waals surface area contributed by atoms with Gasteiger partial charge in [-0.15, -0.1) is 0 Å². The minimum atomic E-state index is -1.04. The summed E-state index contributed by atoms with van der Waals surface area (Å²) < 4.78 is 0. The van der Waals surface area contributed by atoms with Crippen LogP contribution in [0, 0.1) is 0 Å². The number of carbonyl (C=O) groups is 2. The molecule has 1 aliphatic rings. The van der Waals surface area contributed by atoms with Crippen molar-refractivity contribution in [1.82, 2.24) is 9.97 Å². The Kier molecular flexibility index (Phi) is 3.29. The van der Waals surface area contributed by atoms with E-state index in [0.717, 1.165) is 0 Å². The lowest BCUT2D eigenvalue weighted by molar-refractivity contribution is -0.132. The molecule has 0 unspecified atom stereocenters. The van der Waals surface area contributed by atoms with Crippen LogP contribution in [0.3, 0.4) is 0 Å². The van der Waals surface area contributed by atoms with Crippen molar-refractivity contribution in [2.24, 2.45) is 0 Å². The molecule has 0 atom stereocenters. The Morgan fingerprint density at radius 2 is 2.17 bits per heavy atom. The average Bonchev–Trinajstić information content (AvgIpc) is 2.49. The van der Waals surface area contributed by atoms with Crippen LogP contribution >= 0.6 is 11.6 Å². The number of amides is 1. The first-order valence-electron chi connectivity index (χ1n) is 5.23. The zero-order valence-electron chi connectivity index (χ0n) is 9.55. The van der Waals surface area contributed by atoms with Crippen LogP contribution < -0.4 is 4.90 Å². The Labute approximate surface area is 108 Å². The van der Waals surface area contributed by atoms with Crippen LogP contribution in [-0.4, -0.2) is 33.5 Å². The molecule has 0 saturated heterocycles. The molecule has 0 fully saturated rings. The molecule has 1 aliphatic heterocycles. The minimum Gasteiger partial charge on any atom is -0.478 e.